The molecule has 0 N–H and O–H groups in total. The van der Waals surface area contributed by atoms with Crippen LogP contribution in [0, 0.1) is 33.6 Å². The van der Waals surface area contributed by atoms with E-state index in [4.69, 9.17) is 4.74 Å². The Morgan fingerprint density at radius 3 is 2.28 bits per heavy atom. The average molecular weight is 337 g/mol. The van der Waals surface area contributed by atoms with Gasteiger partial charge in [0.2, 0.25) is 5.91 Å². The molecular formula is C21H23NO3. The van der Waals surface area contributed by atoms with E-state index >= 15 is 0 Å². The molecule has 3 rings (SSSR count). The number of para-hydroxylation sites is 1. The third kappa shape index (κ3) is 3.29. The predicted octanol–water partition coefficient (Wildman–Crippen LogP) is 3.88. The molecule has 0 unspecified atom stereocenters. The average Bonchev–Trinajstić information content (AvgIpc) is 2.93. The van der Waals surface area contributed by atoms with Gasteiger partial charge in [0.25, 0.3) is 0 Å². The van der Waals surface area contributed by atoms with E-state index in [2.05, 4.69) is 0 Å². The van der Waals surface area contributed by atoms with Crippen molar-refractivity contribution >= 4 is 17.6 Å². The Labute approximate surface area is 148 Å². The Kier molecular flexibility index (Phi) is 4.62. The van der Waals surface area contributed by atoms with Gasteiger partial charge < -0.3 is 9.64 Å². The van der Waals surface area contributed by atoms with Crippen LogP contribution < -0.4 is 9.64 Å². The highest BCUT2D eigenvalue weighted by Gasteiger charge is 2.37. The number of hydrogen-bond acceptors (Lipinski definition) is 3. The standard InChI is InChI=1S/C21H23NO3/c1-13-7-6-10-18(16(13)4)25-21(24)17-11-19(23)22(12-17)20-14(2)8-5-9-15(20)3/h5-10,17H,11-12H2,1-4H3/t17-/m1/s1. The Morgan fingerprint density at radius 1 is 1.00 bits per heavy atom. The zero-order valence-electron chi connectivity index (χ0n) is 15.1. The van der Waals surface area contributed by atoms with Gasteiger partial charge in [0.05, 0.1) is 5.92 Å². The Balaban J connectivity index is 1.78. The monoisotopic (exact) mass is 337 g/mol. The number of esters is 1. The SMILES string of the molecule is Cc1cccc(OC(=O)[C@@H]2CC(=O)N(c3c(C)cccc3C)C2)c1C. The van der Waals surface area contributed by atoms with Gasteiger partial charge in [-0.3, -0.25) is 9.59 Å². The van der Waals surface area contributed by atoms with Crippen molar-refractivity contribution in [3.8, 4) is 5.75 Å². The van der Waals surface area contributed by atoms with Crippen molar-refractivity contribution in [3.05, 3.63) is 58.7 Å². The van der Waals surface area contributed by atoms with Crippen molar-refractivity contribution in [3.63, 3.8) is 0 Å². The van der Waals surface area contributed by atoms with Gasteiger partial charge in [-0.1, -0.05) is 30.3 Å². The summed E-state index contributed by atoms with van der Waals surface area (Å²) >= 11 is 0. The lowest BCUT2D eigenvalue weighted by molar-refractivity contribution is -0.139. The number of benzene rings is 2. The number of rotatable bonds is 3. The molecule has 1 fully saturated rings. The summed E-state index contributed by atoms with van der Waals surface area (Å²) in [5.74, 6) is -0.231. The number of anilines is 1. The maximum atomic E-state index is 12.6. The summed E-state index contributed by atoms with van der Waals surface area (Å²) in [6, 6.07) is 11.6. The molecule has 0 aliphatic carbocycles. The number of nitrogens with zero attached hydrogens (tertiary/aromatic N) is 1. The highest BCUT2D eigenvalue weighted by atomic mass is 16.5. The first kappa shape index (κ1) is 17.2. The normalized spacial score (nSPS) is 17.0. The number of carbonyl (C=O) groups excluding carboxylic acids is 2. The molecule has 0 radical (unpaired) electrons. The van der Waals surface area contributed by atoms with Crippen LogP contribution in [0.15, 0.2) is 36.4 Å². The van der Waals surface area contributed by atoms with Crippen LogP contribution in [0.2, 0.25) is 0 Å². The Bertz CT molecular complexity index is 821. The molecule has 2 aromatic rings. The molecule has 25 heavy (non-hydrogen) atoms. The van der Waals surface area contributed by atoms with Crippen LogP contribution in [0.3, 0.4) is 0 Å². The van der Waals surface area contributed by atoms with Crippen LogP contribution in [0.25, 0.3) is 0 Å². The van der Waals surface area contributed by atoms with Gasteiger partial charge in [0.1, 0.15) is 5.75 Å². The topological polar surface area (TPSA) is 46.6 Å². The zero-order valence-corrected chi connectivity index (χ0v) is 15.1. The molecule has 1 saturated heterocycles. The molecule has 4 nitrogen and oxygen atoms in total. The molecule has 1 atom stereocenters. The lowest BCUT2D eigenvalue weighted by atomic mass is 10.1. The van der Waals surface area contributed by atoms with Gasteiger partial charge in [0.15, 0.2) is 0 Å². The number of aryl methyl sites for hydroxylation is 3. The third-order valence-corrected chi connectivity index (χ3v) is 4.93. The summed E-state index contributed by atoms with van der Waals surface area (Å²) in [6.07, 6.45) is 0.192. The smallest absolute Gasteiger partial charge is 0.316 e. The van der Waals surface area contributed by atoms with Crippen molar-refractivity contribution in [1.82, 2.24) is 0 Å². The van der Waals surface area contributed by atoms with Gasteiger partial charge in [-0.2, -0.15) is 0 Å². The van der Waals surface area contributed by atoms with E-state index < -0.39 is 5.92 Å². The highest BCUT2D eigenvalue weighted by Crippen LogP contribution is 2.32. The molecule has 130 valence electrons. The lowest BCUT2D eigenvalue weighted by Crippen LogP contribution is -2.28. The minimum absolute atomic E-state index is 0.0275. The van der Waals surface area contributed by atoms with E-state index in [1.807, 2.05) is 58.0 Å². The molecule has 0 aromatic heterocycles. The van der Waals surface area contributed by atoms with Crippen molar-refractivity contribution in [1.29, 1.82) is 0 Å². The summed E-state index contributed by atoms with van der Waals surface area (Å²) in [5, 5.41) is 0. The summed E-state index contributed by atoms with van der Waals surface area (Å²) in [6.45, 7) is 8.25. The molecule has 0 saturated carbocycles. The summed E-state index contributed by atoms with van der Waals surface area (Å²) in [4.78, 5) is 26.8. The number of hydrogen-bond donors (Lipinski definition) is 0. The molecule has 0 bridgehead atoms. The largest absolute Gasteiger partial charge is 0.426 e. The molecule has 1 aliphatic rings. The van der Waals surface area contributed by atoms with Crippen molar-refractivity contribution < 1.29 is 14.3 Å². The van der Waals surface area contributed by atoms with Crippen LogP contribution >= 0.6 is 0 Å². The molecule has 1 aliphatic heterocycles. The van der Waals surface area contributed by atoms with Crippen LogP contribution in [-0.2, 0) is 9.59 Å². The second kappa shape index (κ2) is 6.71. The van der Waals surface area contributed by atoms with E-state index in [0.717, 1.165) is 27.9 Å². The first-order valence-electron chi connectivity index (χ1n) is 8.53. The first-order valence-corrected chi connectivity index (χ1v) is 8.53. The van der Waals surface area contributed by atoms with Gasteiger partial charge in [-0.25, -0.2) is 0 Å². The van der Waals surface area contributed by atoms with Gasteiger partial charge in [-0.05, 0) is 56.0 Å². The number of ether oxygens (including phenoxy) is 1. The third-order valence-electron chi connectivity index (χ3n) is 4.93. The maximum absolute atomic E-state index is 12.6. The molecule has 0 spiro atoms. The molecule has 4 heteroatoms. The van der Waals surface area contributed by atoms with E-state index in [9.17, 15) is 9.59 Å². The van der Waals surface area contributed by atoms with Crippen LogP contribution in [-0.4, -0.2) is 18.4 Å². The van der Waals surface area contributed by atoms with Crippen LogP contribution in [0.1, 0.15) is 28.7 Å². The van der Waals surface area contributed by atoms with Crippen LogP contribution in [0.5, 0.6) is 5.75 Å². The maximum Gasteiger partial charge on any atom is 0.316 e. The fraction of sp³-hybridized carbons (Fsp3) is 0.333. The minimum atomic E-state index is -0.439. The van der Waals surface area contributed by atoms with Gasteiger partial charge >= 0.3 is 5.97 Å². The minimum Gasteiger partial charge on any atom is -0.426 e. The fourth-order valence-electron chi connectivity index (χ4n) is 3.34. The van der Waals surface area contributed by atoms with Crippen LogP contribution in [0.4, 0.5) is 5.69 Å². The Hall–Kier alpha value is -2.62. The second-order valence-corrected chi connectivity index (χ2v) is 6.76. The number of carbonyl (C=O) groups is 2. The molecule has 1 amide bonds. The molecular weight excluding hydrogens is 314 g/mol. The predicted molar refractivity (Wildman–Crippen MR) is 97.9 cm³/mol. The van der Waals surface area contributed by atoms with Gasteiger partial charge in [-0.15, -0.1) is 0 Å². The van der Waals surface area contributed by atoms with Crippen molar-refractivity contribution in [2.24, 2.45) is 5.92 Å². The van der Waals surface area contributed by atoms with E-state index in [1.54, 1.807) is 11.0 Å². The fourth-order valence-corrected chi connectivity index (χ4v) is 3.34. The molecule has 1 heterocycles. The van der Waals surface area contributed by atoms with Crippen molar-refractivity contribution in [2.75, 3.05) is 11.4 Å². The Morgan fingerprint density at radius 2 is 1.60 bits per heavy atom. The lowest BCUT2D eigenvalue weighted by Gasteiger charge is -2.21. The second-order valence-electron chi connectivity index (χ2n) is 6.76. The van der Waals surface area contributed by atoms with E-state index in [-0.39, 0.29) is 18.3 Å². The molecule has 2 aromatic carbocycles. The summed E-state index contributed by atoms with van der Waals surface area (Å²) < 4.78 is 5.59. The van der Waals surface area contributed by atoms with Crippen molar-refractivity contribution in [2.45, 2.75) is 34.1 Å². The van der Waals surface area contributed by atoms with E-state index in [0.29, 0.717) is 12.3 Å². The number of amides is 1. The zero-order chi connectivity index (χ0) is 18.1. The quantitative estimate of drug-likeness (QED) is 0.631. The highest BCUT2D eigenvalue weighted by molar-refractivity contribution is 6.00. The van der Waals surface area contributed by atoms with E-state index in [1.165, 1.54) is 0 Å². The summed E-state index contributed by atoms with van der Waals surface area (Å²) in [7, 11) is 0. The van der Waals surface area contributed by atoms with Gasteiger partial charge in [0, 0.05) is 18.7 Å². The first-order chi connectivity index (χ1) is 11.9. The summed E-state index contributed by atoms with van der Waals surface area (Å²) in [5.41, 5.74) is 5.01.